The number of ether oxygens (including phenoxy) is 2. The third kappa shape index (κ3) is 5.02. The molecule has 0 saturated carbocycles. The highest BCUT2D eigenvalue weighted by atomic mass is 16.6. The highest BCUT2D eigenvalue weighted by Crippen LogP contribution is 2.26. The van der Waals surface area contributed by atoms with Crippen molar-refractivity contribution in [3.8, 4) is 0 Å². The fraction of sp³-hybridized carbons (Fsp3) is 0.562. The number of carbonyl (C=O) groups is 2. The number of nitrogens with zero attached hydrogens (tertiary/aromatic N) is 1. The normalized spacial score (nSPS) is 11.7. The van der Waals surface area contributed by atoms with Crippen molar-refractivity contribution >= 4 is 17.9 Å². The van der Waals surface area contributed by atoms with Gasteiger partial charge in [-0.05, 0) is 59.2 Å². The molecule has 0 spiro atoms. The fourth-order valence-corrected chi connectivity index (χ4v) is 1.73. The Morgan fingerprint density at radius 3 is 2.41 bits per heavy atom. The Hall–Kier alpha value is -2.11. The number of esters is 1. The number of carbonyl (C=O) groups excluding carboxylic acids is 2. The molecule has 0 radical (unpaired) electrons. The Morgan fingerprint density at radius 1 is 1.23 bits per heavy atom. The molecular weight excluding hydrogens is 284 g/mol. The molecule has 1 aromatic rings. The lowest BCUT2D eigenvalue weighted by Gasteiger charge is -2.23. The Kier molecular flexibility index (Phi) is 5.52. The highest BCUT2D eigenvalue weighted by Gasteiger charge is 2.31. The van der Waals surface area contributed by atoms with E-state index in [4.69, 9.17) is 9.47 Å². The van der Waals surface area contributed by atoms with E-state index in [1.54, 1.807) is 53.7 Å². The maximum absolute atomic E-state index is 12.0. The largest absolute Gasteiger partial charge is 0.465 e. The molecule has 0 unspecified atom stereocenters. The molecule has 0 saturated heterocycles. The van der Waals surface area contributed by atoms with Crippen LogP contribution in [0.25, 0.3) is 0 Å². The smallest absolute Gasteiger partial charge is 0.413 e. The standard InChI is InChI=1S/C16H24N2O4/c1-7-21-13(19)16(5,6)11-8-9-17-12(10-11)18-14(20)22-15(2,3)4/h8-10H,7H2,1-6H3,(H,17,18,20). The van der Waals surface area contributed by atoms with Crippen LogP contribution in [0.3, 0.4) is 0 Å². The van der Waals surface area contributed by atoms with Gasteiger partial charge >= 0.3 is 12.1 Å². The molecule has 6 nitrogen and oxygen atoms in total. The van der Waals surface area contributed by atoms with Crippen LogP contribution in [0.4, 0.5) is 10.6 Å². The molecule has 0 aromatic carbocycles. The molecular formula is C16H24N2O4. The molecule has 1 heterocycles. The summed E-state index contributed by atoms with van der Waals surface area (Å²) < 4.78 is 10.2. The first-order chi connectivity index (χ1) is 10.1. The summed E-state index contributed by atoms with van der Waals surface area (Å²) in [7, 11) is 0. The van der Waals surface area contributed by atoms with Gasteiger partial charge in [-0.3, -0.25) is 10.1 Å². The first kappa shape index (κ1) is 17.9. The van der Waals surface area contributed by atoms with E-state index in [9.17, 15) is 9.59 Å². The van der Waals surface area contributed by atoms with Crippen LogP contribution in [0.15, 0.2) is 18.3 Å². The number of pyridine rings is 1. The Bertz CT molecular complexity index is 547. The molecule has 1 aromatic heterocycles. The minimum absolute atomic E-state index is 0.316. The van der Waals surface area contributed by atoms with Crippen LogP contribution in [0.2, 0.25) is 0 Å². The quantitative estimate of drug-likeness (QED) is 0.864. The molecule has 22 heavy (non-hydrogen) atoms. The van der Waals surface area contributed by atoms with Crippen molar-refractivity contribution in [1.82, 2.24) is 4.98 Å². The number of hydrogen-bond acceptors (Lipinski definition) is 5. The van der Waals surface area contributed by atoms with Crippen molar-refractivity contribution in [1.29, 1.82) is 0 Å². The van der Waals surface area contributed by atoms with Gasteiger partial charge in [-0.1, -0.05) is 0 Å². The second-order valence-electron chi connectivity index (χ2n) is 6.40. The fourth-order valence-electron chi connectivity index (χ4n) is 1.73. The number of aromatic nitrogens is 1. The lowest BCUT2D eigenvalue weighted by atomic mass is 9.85. The van der Waals surface area contributed by atoms with Gasteiger partial charge in [0.1, 0.15) is 11.4 Å². The number of amides is 1. The van der Waals surface area contributed by atoms with E-state index in [2.05, 4.69) is 10.3 Å². The van der Waals surface area contributed by atoms with Crippen LogP contribution < -0.4 is 5.32 Å². The van der Waals surface area contributed by atoms with E-state index in [-0.39, 0.29) is 5.97 Å². The summed E-state index contributed by atoms with van der Waals surface area (Å²) in [6, 6.07) is 3.36. The van der Waals surface area contributed by atoms with Gasteiger partial charge in [-0.2, -0.15) is 0 Å². The zero-order valence-corrected chi connectivity index (χ0v) is 14.0. The summed E-state index contributed by atoms with van der Waals surface area (Å²) in [4.78, 5) is 27.9. The number of hydrogen-bond donors (Lipinski definition) is 1. The first-order valence-corrected chi connectivity index (χ1v) is 7.20. The van der Waals surface area contributed by atoms with Crippen LogP contribution in [0, 0.1) is 0 Å². The van der Waals surface area contributed by atoms with Gasteiger partial charge in [-0.15, -0.1) is 0 Å². The van der Waals surface area contributed by atoms with E-state index in [0.29, 0.717) is 18.0 Å². The van der Waals surface area contributed by atoms with Crippen LogP contribution >= 0.6 is 0 Å². The zero-order chi connectivity index (χ0) is 17.0. The lowest BCUT2D eigenvalue weighted by Crippen LogP contribution is -2.31. The monoisotopic (exact) mass is 308 g/mol. The summed E-state index contributed by atoms with van der Waals surface area (Å²) in [6.45, 7) is 10.9. The SMILES string of the molecule is CCOC(=O)C(C)(C)c1ccnc(NC(=O)OC(C)(C)C)c1. The van der Waals surface area contributed by atoms with Crippen molar-refractivity contribution in [2.45, 2.75) is 52.6 Å². The Morgan fingerprint density at radius 2 is 1.86 bits per heavy atom. The molecule has 0 aliphatic carbocycles. The summed E-state index contributed by atoms with van der Waals surface area (Å²) in [6.07, 6.45) is 0.939. The molecule has 0 bridgehead atoms. The van der Waals surface area contributed by atoms with E-state index in [1.165, 1.54) is 6.20 Å². The lowest BCUT2D eigenvalue weighted by molar-refractivity contribution is -0.148. The molecule has 0 aliphatic heterocycles. The topological polar surface area (TPSA) is 77.5 Å². The van der Waals surface area contributed by atoms with Gasteiger partial charge in [0.05, 0.1) is 12.0 Å². The van der Waals surface area contributed by atoms with E-state index in [1.807, 2.05) is 0 Å². The third-order valence-corrected chi connectivity index (χ3v) is 2.90. The van der Waals surface area contributed by atoms with Crippen molar-refractivity contribution in [3.05, 3.63) is 23.9 Å². The first-order valence-electron chi connectivity index (χ1n) is 7.20. The van der Waals surface area contributed by atoms with Gasteiger partial charge in [0.2, 0.25) is 0 Å². The summed E-state index contributed by atoms with van der Waals surface area (Å²) in [5.41, 5.74) is -0.720. The molecule has 1 amide bonds. The zero-order valence-electron chi connectivity index (χ0n) is 14.0. The van der Waals surface area contributed by atoms with Crippen LogP contribution in [0.1, 0.15) is 47.1 Å². The predicted molar refractivity (Wildman–Crippen MR) is 83.8 cm³/mol. The van der Waals surface area contributed by atoms with Gasteiger partial charge < -0.3 is 9.47 Å². The minimum atomic E-state index is -0.830. The predicted octanol–water partition coefficient (Wildman–Crippen LogP) is 3.27. The third-order valence-electron chi connectivity index (χ3n) is 2.90. The summed E-state index contributed by atoms with van der Waals surface area (Å²) >= 11 is 0. The molecule has 122 valence electrons. The van der Waals surface area contributed by atoms with Crippen LogP contribution in [-0.4, -0.2) is 29.3 Å². The van der Waals surface area contributed by atoms with Gasteiger partial charge in [-0.25, -0.2) is 9.78 Å². The second kappa shape index (κ2) is 6.77. The number of rotatable bonds is 4. The Balaban J connectivity index is 2.90. The van der Waals surface area contributed by atoms with Crippen LogP contribution in [0.5, 0.6) is 0 Å². The minimum Gasteiger partial charge on any atom is -0.465 e. The van der Waals surface area contributed by atoms with E-state index in [0.717, 1.165) is 0 Å². The average Bonchev–Trinajstić information content (AvgIpc) is 2.36. The van der Waals surface area contributed by atoms with Crippen molar-refractivity contribution < 1.29 is 19.1 Å². The van der Waals surface area contributed by atoms with Crippen molar-refractivity contribution in [2.24, 2.45) is 0 Å². The van der Waals surface area contributed by atoms with Gasteiger partial charge in [0, 0.05) is 6.20 Å². The summed E-state index contributed by atoms with van der Waals surface area (Å²) in [5.74, 6) is -0.00598. The van der Waals surface area contributed by atoms with Gasteiger partial charge in [0.25, 0.3) is 0 Å². The molecule has 1 rings (SSSR count). The van der Waals surface area contributed by atoms with Crippen molar-refractivity contribution in [2.75, 3.05) is 11.9 Å². The summed E-state index contributed by atoms with van der Waals surface area (Å²) in [5, 5.41) is 2.56. The van der Waals surface area contributed by atoms with Crippen LogP contribution in [-0.2, 0) is 19.7 Å². The molecule has 6 heteroatoms. The molecule has 0 aliphatic rings. The van der Waals surface area contributed by atoms with Gasteiger partial charge in [0.15, 0.2) is 0 Å². The van der Waals surface area contributed by atoms with E-state index >= 15 is 0 Å². The molecule has 0 atom stereocenters. The number of anilines is 1. The maximum Gasteiger partial charge on any atom is 0.413 e. The van der Waals surface area contributed by atoms with Crippen molar-refractivity contribution in [3.63, 3.8) is 0 Å². The van der Waals surface area contributed by atoms with E-state index < -0.39 is 17.1 Å². The average molecular weight is 308 g/mol. The Labute approximate surface area is 131 Å². The second-order valence-corrected chi connectivity index (χ2v) is 6.40. The molecule has 1 N–H and O–H groups in total. The molecule has 0 fully saturated rings. The number of nitrogens with one attached hydrogen (secondary N) is 1. The maximum atomic E-state index is 12.0. The highest BCUT2D eigenvalue weighted by molar-refractivity contribution is 5.85.